The first-order chi connectivity index (χ1) is 10.8. The highest BCUT2D eigenvalue weighted by molar-refractivity contribution is 7.90. The number of hydrogen-bond donors (Lipinski definition) is 1. The maximum absolute atomic E-state index is 12.3. The molecule has 1 amide bonds. The minimum absolute atomic E-state index is 0.141. The summed E-state index contributed by atoms with van der Waals surface area (Å²) in [5, 5.41) is 0. The Labute approximate surface area is 133 Å². The predicted octanol–water partition coefficient (Wildman–Crippen LogP) is 1.47. The van der Waals surface area contributed by atoms with Gasteiger partial charge in [-0.2, -0.15) is 0 Å². The first-order valence-electron chi connectivity index (χ1n) is 6.65. The van der Waals surface area contributed by atoms with E-state index in [2.05, 4.69) is 0 Å². The van der Waals surface area contributed by atoms with E-state index in [1.54, 1.807) is 30.3 Å². The number of benzene rings is 2. The number of primary amides is 1. The van der Waals surface area contributed by atoms with Gasteiger partial charge in [0.25, 0.3) is 5.91 Å². The smallest absolute Gasteiger partial charge is 0.340 e. The molecular formula is C16H15NO5S. The van der Waals surface area contributed by atoms with Crippen molar-refractivity contribution in [3.8, 4) is 0 Å². The number of hydrogen-bond acceptors (Lipinski definition) is 5. The molecule has 6 nitrogen and oxygen atoms in total. The molecule has 1 atom stereocenters. The van der Waals surface area contributed by atoms with E-state index in [-0.39, 0.29) is 10.5 Å². The van der Waals surface area contributed by atoms with Crippen LogP contribution < -0.4 is 5.73 Å². The molecule has 0 radical (unpaired) electrons. The van der Waals surface area contributed by atoms with E-state index in [1.807, 2.05) is 0 Å². The number of amides is 1. The van der Waals surface area contributed by atoms with Crippen molar-refractivity contribution in [1.82, 2.24) is 0 Å². The lowest BCUT2D eigenvalue weighted by Crippen LogP contribution is -2.26. The zero-order chi connectivity index (χ0) is 17.0. The Hall–Kier alpha value is -2.67. The molecule has 2 aromatic carbocycles. The molecule has 0 bridgehead atoms. The van der Waals surface area contributed by atoms with Gasteiger partial charge in [-0.15, -0.1) is 0 Å². The Bertz CT molecular complexity index is 831. The molecule has 2 N–H and O–H groups in total. The third-order valence-corrected chi connectivity index (χ3v) is 4.25. The second-order valence-electron chi connectivity index (χ2n) is 4.87. The third kappa shape index (κ3) is 3.95. The summed E-state index contributed by atoms with van der Waals surface area (Å²) in [4.78, 5) is 23.7. The Kier molecular flexibility index (Phi) is 4.80. The van der Waals surface area contributed by atoms with Crippen molar-refractivity contribution in [2.75, 3.05) is 6.26 Å². The van der Waals surface area contributed by atoms with Crippen molar-refractivity contribution in [1.29, 1.82) is 0 Å². The van der Waals surface area contributed by atoms with Gasteiger partial charge in [-0.3, -0.25) is 4.79 Å². The van der Waals surface area contributed by atoms with Crippen molar-refractivity contribution < 1.29 is 22.7 Å². The van der Waals surface area contributed by atoms with E-state index in [9.17, 15) is 18.0 Å². The Morgan fingerprint density at radius 2 is 1.57 bits per heavy atom. The molecule has 0 aliphatic carbocycles. The van der Waals surface area contributed by atoms with Gasteiger partial charge in [0.1, 0.15) is 0 Å². The van der Waals surface area contributed by atoms with Crippen molar-refractivity contribution in [2.24, 2.45) is 5.73 Å². The molecule has 0 heterocycles. The number of carbonyl (C=O) groups is 2. The number of carbonyl (C=O) groups excluding carboxylic acids is 2. The maximum atomic E-state index is 12.3. The van der Waals surface area contributed by atoms with Gasteiger partial charge in [-0.05, 0) is 12.1 Å². The SMILES string of the molecule is CS(=O)(=O)c1ccccc1C(=O)OC(C(N)=O)c1ccccc1. The van der Waals surface area contributed by atoms with Crippen molar-refractivity contribution in [2.45, 2.75) is 11.0 Å². The minimum atomic E-state index is -3.62. The molecule has 0 aliphatic rings. The average Bonchev–Trinajstić information content (AvgIpc) is 2.52. The summed E-state index contributed by atoms with van der Waals surface area (Å²) in [6, 6.07) is 13.9. The van der Waals surface area contributed by atoms with Gasteiger partial charge in [0.05, 0.1) is 10.5 Å². The molecule has 0 saturated heterocycles. The van der Waals surface area contributed by atoms with E-state index in [0.29, 0.717) is 5.56 Å². The van der Waals surface area contributed by atoms with Gasteiger partial charge in [-0.25, -0.2) is 13.2 Å². The molecule has 0 spiro atoms. The second-order valence-corrected chi connectivity index (χ2v) is 6.85. The standard InChI is InChI=1S/C16H15NO5S/c1-23(20,21)13-10-6-5-9-12(13)16(19)22-14(15(17)18)11-7-3-2-4-8-11/h2-10,14H,1H3,(H2,17,18). The maximum Gasteiger partial charge on any atom is 0.340 e. The number of esters is 1. The van der Waals surface area contributed by atoms with Crippen LogP contribution in [0.15, 0.2) is 59.5 Å². The number of nitrogens with two attached hydrogens (primary N) is 1. The lowest BCUT2D eigenvalue weighted by Gasteiger charge is -2.16. The summed E-state index contributed by atoms with van der Waals surface area (Å²) in [7, 11) is -3.62. The molecule has 7 heteroatoms. The highest BCUT2D eigenvalue weighted by atomic mass is 32.2. The first-order valence-corrected chi connectivity index (χ1v) is 8.54. The Morgan fingerprint density at radius 1 is 1.00 bits per heavy atom. The molecule has 23 heavy (non-hydrogen) atoms. The van der Waals surface area contributed by atoms with Crippen LogP contribution in [0.5, 0.6) is 0 Å². The van der Waals surface area contributed by atoms with Crippen molar-refractivity contribution >= 4 is 21.7 Å². The normalized spacial score (nSPS) is 12.4. The molecule has 2 aromatic rings. The Morgan fingerprint density at radius 3 is 2.13 bits per heavy atom. The van der Waals surface area contributed by atoms with Crippen molar-refractivity contribution in [3.05, 3.63) is 65.7 Å². The zero-order valence-electron chi connectivity index (χ0n) is 12.3. The van der Waals surface area contributed by atoms with Gasteiger partial charge in [0, 0.05) is 11.8 Å². The van der Waals surface area contributed by atoms with Gasteiger partial charge < -0.3 is 10.5 Å². The third-order valence-electron chi connectivity index (χ3n) is 3.09. The molecule has 2 rings (SSSR count). The molecule has 0 aromatic heterocycles. The van der Waals surface area contributed by atoms with Crippen molar-refractivity contribution in [3.63, 3.8) is 0 Å². The fraction of sp³-hybridized carbons (Fsp3) is 0.125. The number of ether oxygens (including phenoxy) is 1. The quantitative estimate of drug-likeness (QED) is 0.835. The molecule has 1 unspecified atom stereocenters. The van der Waals surface area contributed by atoms with Crippen LogP contribution >= 0.6 is 0 Å². The predicted molar refractivity (Wildman–Crippen MR) is 83.3 cm³/mol. The van der Waals surface area contributed by atoms with Crippen LogP contribution in [0.25, 0.3) is 0 Å². The topological polar surface area (TPSA) is 104 Å². The minimum Gasteiger partial charge on any atom is -0.444 e. The van der Waals surface area contributed by atoms with Gasteiger partial charge in [-0.1, -0.05) is 42.5 Å². The molecular weight excluding hydrogens is 318 g/mol. The van der Waals surface area contributed by atoms with E-state index in [4.69, 9.17) is 10.5 Å². The fourth-order valence-electron chi connectivity index (χ4n) is 2.05. The first kappa shape index (κ1) is 16.7. The van der Waals surface area contributed by atoms with E-state index < -0.39 is 27.8 Å². The highest BCUT2D eigenvalue weighted by Gasteiger charge is 2.26. The summed E-state index contributed by atoms with van der Waals surface area (Å²) < 4.78 is 28.6. The largest absolute Gasteiger partial charge is 0.444 e. The summed E-state index contributed by atoms with van der Waals surface area (Å²) in [6.07, 6.45) is -0.307. The van der Waals surface area contributed by atoms with Gasteiger partial charge in [0.15, 0.2) is 9.84 Å². The Balaban J connectivity index is 2.37. The monoisotopic (exact) mass is 333 g/mol. The number of sulfone groups is 1. The fourth-order valence-corrected chi connectivity index (χ4v) is 2.92. The molecule has 120 valence electrons. The second kappa shape index (κ2) is 6.62. The summed E-state index contributed by atoms with van der Waals surface area (Å²) in [6.45, 7) is 0. The molecule has 0 saturated carbocycles. The lowest BCUT2D eigenvalue weighted by atomic mass is 10.1. The molecule has 0 aliphatic heterocycles. The van der Waals surface area contributed by atoms with E-state index in [0.717, 1.165) is 6.26 Å². The van der Waals surface area contributed by atoms with Gasteiger partial charge in [0.2, 0.25) is 6.10 Å². The van der Waals surface area contributed by atoms with Crippen LogP contribution in [0.3, 0.4) is 0 Å². The van der Waals surface area contributed by atoms with E-state index >= 15 is 0 Å². The average molecular weight is 333 g/mol. The summed E-state index contributed by atoms with van der Waals surface area (Å²) in [5.41, 5.74) is 5.55. The van der Waals surface area contributed by atoms with Crippen LogP contribution in [-0.2, 0) is 19.4 Å². The zero-order valence-corrected chi connectivity index (χ0v) is 13.1. The van der Waals surface area contributed by atoms with Gasteiger partial charge >= 0.3 is 5.97 Å². The van der Waals surface area contributed by atoms with Crippen LogP contribution in [0, 0.1) is 0 Å². The summed E-state index contributed by atoms with van der Waals surface area (Å²) >= 11 is 0. The van der Waals surface area contributed by atoms with Crippen LogP contribution in [-0.4, -0.2) is 26.6 Å². The van der Waals surface area contributed by atoms with E-state index in [1.165, 1.54) is 24.3 Å². The highest BCUT2D eigenvalue weighted by Crippen LogP contribution is 2.22. The summed E-state index contributed by atoms with van der Waals surface area (Å²) in [5.74, 6) is -1.78. The molecule has 0 fully saturated rings. The van der Waals surface area contributed by atoms with Crippen LogP contribution in [0.4, 0.5) is 0 Å². The number of rotatable bonds is 5. The van der Waals surface area contributed by atoms with Crippen LogP contribution in [0.1, 0.15) is 22.0 Å². The lowest BCUT2D eigenvalue weighted by molar-refractivity contribution is -0.127. The van der Waals surface area contributed by atoms with Crippen LogP contribution in [0.2, 0.25) is 0 Å².